The predicted octanol–water partition coefficient (Wildman–Crippen LogP) is 2.25. The number of rotatable bonds is 4. The molecule has 2 fully saturated rings. The topological polar surface area (TPSA) is 37.4 Å². The third-order valence-electron chi connectivity index (χ3n) is 4.52. The van der Waals surface area contributed by atoms with Crippen LogP contribution in [0, 0.1) is 17.8 Å². The third-order valence-corrected chi connectivity index (χ3v) is 4.52. The second-order valence-corrected chi connectivity index (χ2v) is 5.63. The summed E-state index contributed by atoms with van der Waals surface area (Å²) in [5.41, 5.74) is 0. The number of hydrogen-bond acceptors (Lipinski definition) is 2. The van der Waals surface area contributed by atoms with Gasteiger partial charge in [0.1, 0.15) is 5.78 Å². The summed E-state index contributed by atoms with van der Waals surface area (Å²) >= 11 is 0. The summed E-state index contributed by atoms with van der Waals surface area (Å²) in [6.07, 6.45) is 4.44. The van der Waals surface area contributed by atoms with E-state index in [1.807, 2.05) is 11.8 Å². The van der Waals surface area contributed by atoms with E-state index in [4.69, 9.17) is 0 Å². The molecule has 1 amide bonds. The number of ketones is 1. The van der Waals surface area contributed by atoms with Crippen LogP contribution in [0.1, 0.15) is 46.0 Å². The molecule has 0 unspecified atom stereocenters. The lowest BCUT2D eigenvalue weighted by Crippen LogP contribution is -2.31. The monoisotopic (exact) mass is 237 g/mol. The van der Waals surface area contributed by atoms with Crippen molar-refractivity contribution in [1.82, 2.24) is 4.90 Å². The number of Topliss-reactive ketones (excluding diaryl/α,β-unsaturated/α-hetero) is 1. The van der Waals surface area contributed by atoms with Gasteiger partial charge in [-0.05, 0) is 30.6 Å². The second kappa shape index (κ2) is 5.19. The average Bonchev–Trinajstić information content (AvgIpc) is 2.85. The first-order chi connectivity index (χ1) is 8.13. The van der Waals surface area contributed by atoms with Crippen molar-refractivity contribution in [3.05, 3.63) is 0 Å². The summed E-state index contributed by atoms with van der Waals surface area (Å²) in [4.78, 5) is 25.1. The van der Waals surface area contributed by atoms with Crippen molar-refractivity contribution < 1.29 is 9.59 Å². The van der Waals surface area contributed by atoms with Gasteiger partial charge in [-0.25, -0.2) is 0 Å². The maximum Gasteiger partial charge on any atom is 0.230 e. The Morgan fingerprint density at radius 2 is 1.71 bits per heavy atom. The van der Waals surface area contributed by atoms with E-state index < -0.39 is 0 Å². The van der Waals surface area contributed by atoms with E-state index in [0.29, 0.717) is 18.3 Å². The molecule has 0 aromatic rings. The van der Waals surface area contributed by atoms with E-state index in [1.165, 1.54) is 19.3 Å². The van der Waals surface area contributed by atoms with Crippen LogP contribution in [-0.4, -0.2) is 29.7 Å². The van der Waals surface area contributed by atoms with Crippen molar-refractivity contribution in [1.29, 1.82) is 0 Å². The van der Waals surface area contributed by atoms with Crippen LogP contribution < -0.4 is 0 Å². The molecule has 2 aliphatic rings. The van der Waals surface area contributed by atoms with Gasteiger partial charge in [0.15, 0.2) is 0 Å². The van der Waals surface area contributed by atoms with Crippen LogP contribution in [-0.2, 0) is 9.59 Å². The molecule has 1 heterocycles. The fourth-order valence-electron chi connectivity index (χ4n) is 3.37. The number of hydrogen-bond donors (Lipinski definition) is 0. The molecule has 0 radical (unpaired) electrons. The number of carbonyl (C=O) groups excluding carboxylic acids is 2. The standard InChI is InChI=1S/C14H23NO2/c1-3-10-5-11-8-15(9-12(11)6-10)14(17)7-13(16)4-2/h10-12H,3-9H2,1-2H3/t10-,11-,12+. The SMILES string of the molecule is CCC(=O)CC(=O)N1C[C@H]2C[C@@H](CC)C[C@H]2C1. The number of nitrogens with zero attached hydrogens (tertiary/aromatic N) is 1. The Morgan fingerprint density at radius 1 is 1.12 bits per heavy atom. The predicted molar refractivity (Wildman–Crippen MR) is 66.5 cm³/mol. The molecule has 3 heteroatoms. The zero-order valence-corrected chi connectivity index (χ0v) is 10.9. The zero-order chi connectivity index (χ0) is 12.4. The van der Waals surface area contributed by atoms with Crippen LogP contribution >= 0.6 is 0 Å². The summed E-state index contributed by atoms with van der Waals surface area (Å²) in [5.74, 6) is 2.42. The number of carbonyl (C=O) groups is 2. The normalized spacial score (nSPS) is 31.6. The maximum absolute atomic E-state index is 11.9. The minimum atomic E-state index is 0.0549. The van der Waals surface area contributed by atoms with Crippen molar-refractivity contribution >= 4 is 11.7 Å². The third kappa shape index (κ3) is 2.70. The van der Waals surface area contributed by atoms with Crippen LogP contribution in [0.2, 0.25) is 0 Å². The first-order valence-corrected chi connectivity index (χ1v) is 6.93. The van der Waals surface area contributed by atoms with Crippen LogP contribution in [0.15, 0.2) is 0 Å². The van der Waals surface area contributed by atoms with E-state index in [2.05, 4.69) is 6.92 Å². The van der Waals surface area contributed by atoms with Crippen LogP contribution in [0.4, 0.5) is 0 Å². The number of fused-ring (bicyclic) bond motifs is 1. The molecule has 96 valence electrons. The molecule has 1 saturated heterocycles. The lowest BCUT2D eigenvalue weighted by molar-refractivity contribution is -0.134. The molecule has 1 saturated carbocycles. The molecule has 0 aromatic carbocycles. The van der Waals surface area contributed by atoms with E-state index in [1.54, 1.807) is 0 Å². The summed E-state index contributed by atoms with van der Waals surface area (Å²) in [6.45, 7) is 5.88. The summed E-state index contributed by atoms with van der Waals surface area (Å²) in [5, 5.41) is 0. The Bertz CT molecular complexity index is 299. The molecule has 0 N–H and O–H groups in total. The van der Waals surface area contributed by atoms with Gasteiger partial charge in [0.05, 0.1) is 6.42 Å². The molecular formula is C14H23NO2. The van der Waals surface area contributed by atoms with Gasteiger partial charge in [-0.3, -0.25) is 9.59 Å². The highest BCUT2D eigenvalue weighted by Crippen LogP contribution is 2.42. The summed E-state index contributed by atoms with van der Waals surface area (Å²) < 4.78 is 0. The van der Waals surface area contributed by atoms with Crippen LogP contribution in [0.3, 0.4) is 0 Å². The van der Waals surface area contributed by atoms with Crippen molar-refractivity contribution in [2.24, 2.45) is 17.8 Å². The average molecular weight is 237 g/mol. The van der Waals surface area contributed by atoms with Gasteiger partial charge >= 0.3 is 0 Å². The molecule has 1 aliphatic heterocycles. The highest BCUT2D eigenvalue weighted by molar-refractivity contribution is 5.97. The molecule has 2 rings (SSSR count). The quantitative estimate of drug-likeness (QED) is 0.703. The fraction of sp³-hybridized carbons (Fsp3) is 0.857. The first-order valence-electron chi connectivity index (χ1n) is 6.93. The van der Waals surface area contributed by atoms with Crippen molar-refractivity contribution in [2.75, 3.05) is 13.1 Å². The Hall–Kier alpha value is -0.860. The van der Waals surface area contributed by atoms with Crippen molar-refractivity contribution in [3.63, 3.8) is 0 Å². The van der Waals surface area contributed by atoms with Gasteiger partial charge in [-0.15, -0.1) is 0 Å². The molecule has 3 atom stereocenters. The Labute approximate surface area is 104 Å². The van der Waals surface area contributed by atoms with Crippen molar-refractivity contribution in [3.8, 4) is 0 Å². The van der Waals surface area contributed by atoms with E-state index in [0.717, 1.165) is 19.0 Å². The highest BCUT2D eigenvalue weighted by Gasteiger charge is 2.41. The van der Waals surface area contributed by atoms with E-state index >= 15 is 0 Å². The molecular weight excluding hydrogens is 214 g/mol. The van der Waals surface area contributed by atoms with E-state index in [-0.39, 0.29) is 18.1 Å². The smallest absolute Gasteiger partial charge is 0.230 e. The molecule has 3 nitrogen and oxygen atoms in total. The lowest BCUT2D eigenvalue weighted by atomic mass is 10.0. The van der Waals surface area contributed by atoms with Gasteiger partial charge in [-0.1, -0.05) is 20.3 Å². The Morgan fingerprint density at radius 3 is 2.18 bits per heavy atom. The minimum Gasteiger partial charge on any atom is -0.342 e. The van der Waals surface area contributed by atoms with Gasteiger partial charge in [0.25, 0.3) is 0 Å². The van der Waals surface area contributed by atoms with Gasteiger partial charge in [-0.2, -0.15) is 0 Å². The molecule has 0 spiro atoms. The fourth-order valence-corrected chi connectivity index (χ4v) is 3.37. The summed E-state index contributed by atoms with van der Waals surface area (Å²) in [6, 6.07) is 0. The van der Waals surface area contributed by atoms with Crippen molar-refractivity contribution in [2.45, 2.75) is 46.0 Å². The second-order valence-electron chi connectivity index (χ2n) is 5.63. The summed E-state index contributed by atoms with van der Waals surface area (Å²) in [7, 11) is 0. The Kier molecular flexibility index (Phi) is 3.85. The van der Waals surface area contributed by atoms with Gasteiger partial charge < -0.3 is 4.90 Å². The zero-order valence-electron chi connectivity index (χ0n) is 10.9. The minimum absolute atomic E-state index is 0.0549. The van der Waals surface area contributed by atoms with Crippen LogP contribution in [0.5, 0.6) is 0 Å². The Balaban J connectivity index is 1.84. The molecule has 17 heavy (non-hydrogen) atoms. The largest absolute Gasteiger partial charge is 0.342 e. The maximum atomic E-state index is 11.9. The van der Waals surface area contributed by atoms with Crippen LogP contribution in [0.25, 0.3) is 0 Å². The first kappa shape index (κ1) is 12.6. The van der Waals surface area contributed by atoms with Gasteiger partial charge in [0, 0.05) is 19.5 Å². The molecule has 0 aromatic heterocycles. The van der Waals surface area contributed by atoms with Gasteiger partial charge in [0.2, 0.25) is 5.91 Å². The highest BCUT2D eigenvalue weighted by atomic mass is 16.2. The molecule has 0 bridgehead atoms. The number of likely N-dealkylation sites (tertiary alicyclic amines) is 1. The van der Waals surface area contributed by atoms with E-state index in [9.17, 15) is 9.59 Å². The lowest BCUT2D eigenvalue weighted by Gasteiger charge is -2.18. The number of amides is 1. The molecule has 1 aliphatic carbocycles.